The van der Waals surface area contributed by atoms with Crippen LogP contribution in [-0.4, -0.2) is 107 Å². The van der Waals surface area contributed by atoms with Crippen LogP contribution in [0.5, 0.6) is 0 Å². The average molecular weight is 454 g/mol. The maximum atomic E-state index is 12.9. The fourth-order valence-corrected chi connectivity index (χ4v) is 10.7. The maximum Gasteiger partial charge on any atom is 0.136 e. The molecule has 5 aliphatic carbocycles. The molecule has 0 aromatic rings. The van der Waals surface area contributed by atoms with Crippen molar-refractivity contribution in [2.45, 2.75) is 86.8 Å². The molecule has 13 atom stereocenters. The first-order valence-electron chi connectivity index (χ1n) is 12.2. The first-order chi connectivity index (χ1) is 15.1. The Hall–Kier alpha value is -0.320. The average Bonchev–Trinajstić information content (AvgIpc) is 3.12. The SMILES string of the molecule is CCN1CC2(C)CCC(OC)C34C2C(O)C(O)(C13)C1(O)CC(OC)C2CC4(O)C1C2OC. The molecule has 8 heteroatoms. The number of methoxy groups -OCH3 is 3. The third-order valence-corrected chi connectivity index (χ3v) is 11.4. The van der Waals surface area contributed by atoms with Gasteiger partial charge in [0.05, 0.1) is 41.5 Å². The van der Waals surface area contributed by atoms with Crippen LogP contribution in [0.2, 0.25) is 0 Å². The van der Waals surface area contributed by atoms with Gasteiger partial charge in [0.1, 0.15) is 11.2 Å². The molecule has 32 heavy (non-hydrogen) atoms. The number of rotatable bonds is 4. The Morgan fingerprint density at radius 1 is 0.969 bits per heavy atom. The summed E-state index contributed by atoms with van der Waals surface area (Å²) in [6.45, 7) is 5.61. The van der Waals surface area contributed by atoms with E-state index in [0.717, 1.165) is 19.4 Å². The van der Waals surface area contributed by atoms with Crippen LogP contribution in [0.4, 0.5) is 0 Å². The summed E-state index contributed by atoms with van der Waals surface area (Å²) in [6.07, 6.45) is -0.212. The molecular formula is C24H39NO7. The molecule has 8 nitrogen and oxygen atoms in total. The third-order valence-electron chi connectivity index (χ3n) is 11.4. The van der Waals surface area contributed by atoms with Gasteiger partial charge in [-0.1, -0.05) is 13.8 Å². The van der Waals surface area contributed by atoms with Crippen LogP contribution in [0.1, 0.15) is 39.5 Å². The first-order valence-corrected chi connectivity index (χ1v) is 12.2. The Balaban J connectivity index is 1.71. The normalized spacial score (nSPS) is 64.8. The van der Waals surface area contributed by atoms with Crippen molar-refractivity contribution < 1.29 is 34.6 Å². The van der Waals surface area contributed by atoms with Crippen LogP contribution in [0.25, 0.3) is 0 Å². The van der Waals surface area contributed by atoms with E-state index in [9.17, 15) is 20.4 Å². The molecule has 0 aromatic heterocycles. The van der Waals surface area contributed by atoms with E-state index in [0.29, 0.717) is 13.0 Å². The molecule has 1 saturated heterocycles. The zero-order valence-electron chi connectivity index (χ0n) is 19.8. The summed E-state index contributed by atoms with van der Waals surface area (Å²) in [6, 6.07) is -0.614. The zero-order valence-corrected chi connectivity index (χ0v) is 19.8. The van der Waals surface area contributed by atoms with Crippen LogP contribution >= 0.6 is 0 Å². The minimum absolute atomic E-state index is 0.101. The van der Waals surface area contributed by atoms with Crippen molar-refractivity contribution in [1.29, 1.82) is 0 Å². The highest BCUT2D eigenvalue weighted by Crippen LogP contribution is 2.81. The van der Waals surface area contributed by atoms with Gasteiger partial charge in [0.15, 0.2) is 0 Å². The maximum absolute atomic E-state index is 12.9. The van der Waals surface area contributed by atoms with E-state index in [1.807, 2.05) is 0 Å². The van der Waals surface area contributed by atoms with E-state index in [-0.39, 0.29) is 35.9 Å². The number of aliphatic hydroxyl groups is 4. The lowest BCUT2D eigenvalue weighted by Gasteiger charge is -2.72. The van der Waals surface area contributed by atoms with Gasteiger partial charge in [0.25, 0.3) is 0 Å². The summed E-state index contributed by atoms with van der Waals surface area (Å²) in [7, 11) is 4.89. The highest BCUT2D eigenvalue weighted by atomic mass is 16.5. The van der Waals surface area contributed by atoms with Crippen LogP contribution in [-0.2, 0) is 14.2 Å². The number of hydrogen-bond acceptors (Lipinski definition) is 8. The van der Waals surface area contributed by atoms with Crippen molar-refractivity contribution in [3.63, 3.8) is 0 Å². The Labute approximate surface area is 189 Å². The first kappa shape index (κ1) is 22.2. The van der Waals surface area contributed by atoms with Crippen LogP contribution in [0, 0.1) is 28.6 Å². The van der Waals surface area contributed by atoms with Crippen molar-refractivity contribution in [3.8, 4) is 0 Å². The lowest BCUT2D eigenvalue weighted by Crippen LogP contribution is -2.86. The molecule has 0 amide bonds. The molecule has 1 heterocycles. The Kier molecular flexibility index (Phi) is 4.34. The number of nitrogens with zero attached hydrogens (tertiary/aromatic N) is 1. The molecule has 0 radical (unpaired) electrons. The van der Waals surface area contributed by atoms with Gasteiger partial charge in [-0.3, -0.25) is 4.90 Å². The smallest absolute Gasteiger partial charge is 0.136 e. The predicted octanol–water partition coefficient (Wildman–Crippen LogP) is -0.241. The fourth-order valence-electron chi connectivity index (χ4n) is 10.7. The molecule has 0 aromatic carbocycles. The summed E-state index contributed by atoms with van der Waals surface area (Å²) in [5.41, 5.74) is -6.17. The topological polar surface area (TPSA) is 112 Å². The Morgan fingerprint density at radius 2 is 1.69 bits per heavy atom. The molecule has 6 aliphatic rings. The van der Waals surface area contributed by atoms with Crippen molar-refractivity contribution in [2.75, 3.05) is 34.4 Å². The summed E-state index contributed by atoms with van der Waals surface area (Å²) < 4.78 is 17.9. The molecule has 13 unspecified atom stereocenters. The largest absolute Gasteiger partial charge is 0.390 e. The molecule has 7 bridgehead atoms. The van der Waals surface area contributed by atoms with Gasteiger partial charge in [0.2, 0.25) is 0 Å². The van der Waals surface area contributed by atoms with Crippen LogP contribution < -0.4 is 0 Å². The zero-order chi connectivity index (χ0) is 23.1. The molecular weight excluding hydrogens is 414 g/mol. The van der Waals surface area contributed by atoms with E-state index in [4.69, 9.17) is 14.2 Å². The second-order valence-electron chi connectivity index (χ2n) is 11.9. The minimum atomic E-state index is -1.83. The molecule has 4 N–H and O–H groups in total. The number of likely N-dealkylation sites (N-methyl/N-ethyl adjacent to an activating group) is 1. The van der Waals surface area contributed by atoms with E-state index in [2.05, 4.69) is 18.7 Å². The second-order valence-corrected chi connectivity index (χ2v) is 11.9. The number of likely N-dealkylation sites (tertiary alicyclic amines) is 1. The van der Waals surface area contributed by atoms with Gasteiger partial charge >= 0.3 is 0 Å². The number of piperidine rings is 1. The molecule has 6 rings (SSSR count). The summed E-state index contributed by atoms with van der Waals surface area (Å²) in [5.74, 6) is -1.21. The van der Waals surface area contributed by atoms with Gasteiger partial charge in [-0.15, -0.1) is 0 Å². The molecule has 182 valence electrons. The van der Waals surface area contributed by atoms with Gasteiger partial charge in [-0.05, 0) is 31.2 Å². The lowest BCUT2D eigenvalue weighted by atomic mass is 9.41. The number of fused-ring (bicyclic) bond motifs is 2. The lowest BCUT2D eigenvalue weighted by molar-refractivity contribution is -0.355. The molecule has 5 saturated carbocycles. The summed E-state index contributed by atoms with van der Waals surface area (Å²) in [5, 5.41) is 50.0. The van der Waals surface area contributed by atoms with E-state index in [1.165, 1.54) is 0 Å². The van der Waals surface area contributed by atoms with Crippen LogP contribution in [0.3, 0.4) is 0 Å². The number of aliphatic hydroxyl groups excluding tert-OH is 1. The van der Waals surface area contributed by atoms with E-state index < -0.39 is 46.4 Å². The Bertz CT molecular complexity index is 828. The van der Waals surface area contributed by atoms with Gasteiger partial charge in [0, 0.05) is 52.0 Å². The van der Waals surface area contributed by atoms with Crippen molar-refractivity contribution in [1.82, 2.24) is 4.90 Å². The Morgan fingerprint density at radius 3 is 2.28 bits per heavy atom. The monoisotopic (exact) mass is 453 g/mol. The third kappa shape index (κ3) is 1.86. The number of ether oxygens (including phenoxy) is 3. The van der Waals surface area contributed by atoms with Crippen molar-refractivity contribution in [3.05, 3.63) is 0 Å². The quantitative estimate of drug-likeness (QED) is 0.462. The fraction of sp³-hybridized carbons (Fsp3) is 1.00. The minimum Gasteiger partial charge on any atom is -0.390 e. The molecule has 1 spiro atoms. The van der Waals surface area contributed by atoms with Crippen molar-refractivity contribution in [2.24, 2.45) is 28.6 Å². The predicted molar refractivity (Wildman–Crippen MR) is 114 cm³/mol. The van der Waals surface area contributed by atoms with Crippen LogP contribution in [0.15, 0.2) is 0 Å². The standard InChI is InChI=1S/C24H39NO7/c1-6-25-11-20(2)8-7-14(31-4)23-17(20)18(26)24(29,19(23)25)22(28)10-13(30-3)12-9-21(23,27)16(22)15(12)32-5/h12-19,26-29H,6-11H2,1-5H3. The molecule has 1 aliphatic heterocycles. The van der Waals surface area contributed by atoms with Crippen molar-refractivity contribution >= 4 is 0 Å². The van der Waals surface area contributed by atoms with Gasteiger partial charge in [-0.2, -0.15) is 0 Å². The summed E-state index contributed by atoms with van der Waals surface area (Å²) >= 11 is 0. The van der Waals surface area contributed by atoms with E-state index >= 15 is 0 Å². The highest BCUT2D eigenvalue weighted by molar-refractivity contribution is 5.45. The second kappa shape index (κ2) is 6.26. The van der Waals surface area contributed by atoms with Gasteiger partial charge < -0.3 is 34.6 Å². The van der Waals surface area contributed by atoms with Gasteiger partial charge in [-0.25, -0.2) is 0 Å². The summed E-state index contributed by atoms with van der Waals surface area (Å²) in [4.78, 5) is 2.21. The highest BCUT2D eigenvalue weighted by Gasteiger charge is 2.94. The number of hydrogen-bond donors (Lipinski definition) is 4. The molecule has 6 fully saturated rings. The van der Waals surface area contributed by atoms with E-state index in [1.54, 1.807) is 21.3 Å².